The number of amides is 1. The Morgan fingerprint density at radius 1 is 1.03 bits per heavy atom. The second-order valence-corrected chi connectivity index (χ2v) is 8.24. The topological polar surface area (TPSA) is 85.0 Å². The highest BCUT2D eigenvalue weighted by atomic mass is 16.2. The van der Waals surface area contributed by atoms with Crippen LogP contribution >= 0.6 is 0 Å². The number of nitrogens with zero attached hydrogens (tertiary/aromatic N) is 4. The molecule has 0 unspecified atom stereocenters. The first-order valence-electron chi connectivity index (χ1n) is 10.6. The maximum absolute atomic E-state index is 13.8. The Kier molecular flexibility index (Phi) is 5.86. The van der Waals surface area contributed by atoms with Crippen molar-refractivity contribution in [2.24, 2.45) is 0 Å². The Hall–Kier alpha value is -3.80. The molecule has 6 heteroatoms. The zero-order valence-electron chi connectivity index (χ0n) is 18.8. The Balaban J connectivity index is 1.75. The number of nitrogen functional groups attached to an aromatic ring is 1. The summed E-state index contributed by atoms with van der Waals surface area (Å²) in [6.45, 7) is 8.32. The van der Waals surface area contributed by atoms with Crippen molar-refractivity contribution in [1.82, 2.24) is 19.9 Å². The van der Waals surface area contributed by atoms with Crippen molar-refractivity contribution in [3.8, 4) is 0 Å². The van der Waals surface area contributed by atoms with E-state index in [9.17, 15) is 4.79 Å². The number of fused-ring (bicyclic) bond motifs is 1. The predicted octanol–water partition coefficient (Wildman–Crippen LogP) is 4.94. The van der Waals surface area contributed by atoms with Gasteiger partial charge in [0.25, 0.3) is 5.91 Å². The van der Waals surface area contributed by atoms with Crippen molar-refractivity contribution in [3.05, 3.63) is 94.6 Å². The average Bonchev–Trinajstić information content (AvgIpc) is 2.78. The van der Waals surface area contributed by atoms with Gasteiger partial charge in [-0.1, -0.05) is 12.1 Å². The maximum atomic E-state index is 13.8. The largest absolute Gasteiger partial charge is 0.383 e. The summed E-state index contributed by atoms with van der Waals surface area (Å²) < 4.78 is 0. The molecule has 2 N–H and O–H groups in total. The Labute approximate surface area is 188 Å². The molecule has 1 atom stereocenters. The number of rotatable bonds is 5. The normalized spacial score (nSPS) is 12.0. The van der Waals surface area contributed by atoms with Crippen molar-refractivity contribution in [3.63, 3.8) is 0 Å². The van der Waals surface area contributed by atoms with Crippen LogP contribution < -0.4 is 5.73 Å². The molecule has 3 aromatic heterocycles. The molecule has 0 spiro atoms. The number of pyridine rings is 3. The van der Waals surface area contributed by atoms with Crippen LogP contribution in [0, 0.1) is 20.8 Å². The maximum Gasteiger partial charge on any atom is 0.254 e. The smallest absolute Gasteiger partial charge is 0.254 e. The minimum absolute atomic E-state index is 0.0821. The van der Waals surface area contributed by atoms with Crippen molar-refractivity contribution < 1.29 is 4.79 Å². The molecule has 32 heavy (non-hydrogen) atoms. The van der Waals surface area contributed by atoms with E-state index in [0.717, 1.165) is 39.0 Å². The molecule has 0 aliphatic rings. The lowest BCUT2D eigenvalue weighted by Crippen LogP contribution is -2.34. The van der Waals surface area contributed by atoms with E-state index in [4.69, 9.17) is 5.73 Å². The fraction of sp³-hybridized carbons (Fsp3) is 0.231. The molecule has 0 aliphatic carbocycles. The highest BCUT2D eigenvalue weighted by Crippen LogP contribution is 2.27. The van der Waals surface area contributed by atoms with Gasteiger partial charge >= 0.3 is 0 Å². The minimum atomic E-state index is -0.228. The predicted molar refractivity (Wildman–Crippen MR) is 127 cm³/mol. The van der Waals surface area contributed by atoms with Crippen molar-refractivity contribution in [2.45, 2.75) is 40.3 Å². The Bertz CT molecular complexity index is 1280. The number of anilines is 1. The van der Waals surface area contributed by atoms with Crippen LogP contribution in [0.5, 0.6) is 0 Å². The van der Waals surface area contributed by atoms with Gasteiger partial charge in [-0.3, -0.25) is 14.8 Å². The van der Waals surface area contributed by atoms with E-state index in [2.05, 4.69) is 15.0 Å². The molecule has 0 saturated heterocycles. The standard InChI is InChI=1S/C26H27N5O/c1-16-7-9-22(29-14-16)15-31(19(4)24-17(2)6-5-11-28-24)26(32)20-8-10-23-21(13-20)12-18(3)25(27)30-23/h5-14,19H,15H2,1-4H3,(H2,27,30)/t19-/m1/s1. The van der Waals surface area contributed by atoms with Crippen LogP contribution in [0.1, 0.15) is 51.4 Å². The number of carbonyl (C=O) groups is 1. The molecule has 0 saturated carbocycles. The number of carbonyl (C=O) groups excluding carboxylic acids is 1. The molecule has 3 heterocycles. The Morgan fingerprint density at radius 3 is 2.56 bits per heavy atom. The van der Waals surface area contributed by atoms with Crippen LogP contribution in [-0.4, -0.2) is 25.8 Å². The second kappa shape index (κ2) is 8.75. The van der Waals surface area contributed by atoms with E-state index in [1.165, 1.54) is 0 Å². The second-order valence-electron chi connectivity index (χ2n) is 8.24. The molecule has 0 aliphatic heterocycles. The van der Waals surface area contributed by atoms with Crippen molar-refractivity contribution in [2.75, 3.05) is 5.73 Å². The lowest BCUT2D eigenvalue weighted by atomic mass is 10.0. The van der Waals surface area contributed by atoms with E-state index >= 15 is 0 Å². The van der Waals surface area contributed by atoms with Gasteiger partial charge in [-0.25, -0.2) is 4.98 Å². The van der Waals surface area contributed by atoms with Gasteiger partial charge in [-0.2, -0.15) is 0 Å². The van der Waals surface area contributed by atoms with E-state index < -0.39 is 0 Å². The lowest BCUT2D eigenvalue weighted by molar-refractivity contribution is 0.0667. The quantitative estimate of drug-likeness (QED) is 0.490. The highest BCUT2D eigenvalue weighted by molar-refractivity contribution is 5.98. The number of aromatic nitrogens is 3. The van der Waals surface area contributed by atoms with Gasteiger partial charge in [0.15, 0.2) is 0 Å². The van der Waals surface area contributed by atoms with Gasteiger partial charge in [0.1, 0.15) is 5.82 Å². The summed E-state index contributed by atoms with van der Waals surface area (Å²) in [6.07, 6.45) is 3.59. The number of hydrogen-bond donors (Lipinski definition) is 1. The first-order chi connectivity index (χ1) is 15.3. The summed E-state index contributed by atoms with van der Waals surface area (Å²) in [6, 6.07) is 15.2. The van der Waals surface area contributed by atoms with Crippen LogP contribution in [0.2, 0.25) is 0 Å². The molecule has 1 aromatic carbocycles. The van der Waals surface area contributed by atoms with Crippen LogP contribution in [0.15, 0.2) is 60.9 Å². The summed E-state index contributed by atoms with van der Waals surface area (Å²) in [4.78, 5) is 29.1. The van der Waals surface area contributed by atoms with Crippen molar-refractivity contribution >= 4 is 22.6 Å². The minimum Gasteiger partial charge on any atom is -0.383 e. The molecule has 4 rings (SSSR count). The number of hydrogen-bond acceptors (Lipinski definition) is 5. The molecular weight excluding hydrogens is 398 g/mol. The van der Waals surface area contributed by atoms with Crippen LogP contribution in [0.25, 0.3) is 10.9 Å². The molecule has 0 fully saturated rings. The van der Waals surface area contributed by atoms with Gasteiger partial charge in [0, 0.05) is 23.3 Å². The third-order valence-corrected chi connectivity index (χ3v) is 5.77. The summed E-state index contributed by atoms with van der Waals surface area (Å²) >= 11 is 0. The fourth-order valence-corrected chi connectivity index (χ4v) is 3.83. The molecule has 0 bridgehead atoms. The van der Waals surface area contributed by atoms with Crippen molar-refractivity contribution in [1.29, 1.82) is 0 Å². The number of aryl methyl sites for hydroxylation is 3. The van der Waals surface area contributed by atoms with E-state index in [0.29, 0.717) is 17.9 Å². The monoisotopic (exact) mass is 425 g/mol. The summed E-state index contributed by atoms with van der Waals surface area (Å²) in [5, 5.41) is 0.887. The average molecular weight is 426 g/mol. The molecule has 1 amide bonds. The first-order valence-corrected chi connectivity index (χ1v) is 10.6. The zero-order valence-corrected chi connectivity index (χ0v) is 18.8. The zero-order chi connectivity index (χ0) is 22.8. The third-order valence-electron chi connectivity index (χ3n) is 5.77. The van der Waals surface area contributed by atoms with Gasteiger partial charge in [-0.15, -0.1) is 0 Å². The molecule has 0 radical (unpaired) electrons. The van der Waals surface area contributed by atoms with E-state index in [1.54, 1.807) is 12.3 Å². The fourth-order valence-electron chi connectivity index (χ4n) is 3.83. The summed E-state index contributed by atoms with van der Waals surface area (Å²) in [7, 11) is 0. The van der Waals surface area contributed by atoms with Gasteiger partial charge < -0.3 is 10.6 Å². The SMILES string of the molecule is Cc1ccc(CN(C(=O)c2ccc3nc(N)c(C)cc3c2)[C@H](C)c2ncccc2C)nc1. The third kappa shape index (κ3) is 4.30. The van der Waals surface area contributed by atoms with Crippen LogP contribution in [0.4, 0.5) is 5.82 Å². The summed E-state index contributed by atoms with van der Waals surface area (Å²) in [5.41, 5.74) is 12.0. The molecule has 6 nitrogen and oxygen atoms in total. The highest BCUT2D eigenvalue weighted by Gasteiger charge is 2.25. The molecule has 4 aromatic rings. The lowest BCUT2D eigenvalue weighted by Gasteiger charge is -2.30. The Morgan fingerprint density at radius 2 is 1.84 bits per heavy atom. The first kappa shape index (κ1) is 21.4. The van der Waals surface area contributed by atoms with E-state index in [-0.39, 0.29) is 11.9 Å². The molecular formula is C26H27N5O. The number of benzene rings is 1. The summed E-state index contributed by atoms with van der Waals surface area (Å²) in [5.74, 6) is 0.421. The molecule has 162 valence electrons. The van der Waals surface area contributed by atoms with Crippen LogP contribution in [0.3, 0.4) is 0 Å². The number of nitrogens with two attached hydrogens (primary N) is 1. The van der Waals surface area contributed by atoms with Crippen LogP contribution in [-0.2, 0) is 6.54 Å². The van der Waals surface area contributed by atoms with E-state index in [1.807, 2.05) is 81.3 Å². The van der Waals surface area contributed by atoms with Gasteiger partial charge in [0.2, 0.25) is 0 Å². The van der Waals surface area contributed by atoms with Gasteiger partial charge in [0.05, 0.1) is 29.5 Å². The van der Waals surface area contributed by atoms with Gasteiger partial charge in [-0.05, 0) is 80.8 Å².